The van der Waals surface area contributed by atoms with Crippen molar-refractivity contribution >= 4 is 0 Å². The fraction of sp³-hybridized carbons (Fsp3) is 0.500. The van der Waals surface area contributed by atoms with Crippen LogP contribution < -0.4 is 0 Å². The Kier molecular flexibility index (Phi) is 1.35. The van der Waals surface area contributed by atoms with Gasteiger partial charge in [-0.2, -0.15) is 5.26 Å². The third kappa shape index (κ3) is 0.928. The van der Waals surface area contributed by atoms with E-state index in [1.54, 1.807) is 6.20 Å². The lowest BCUT2D eigenvalue weighted by molar-refractivity contribution is 0.168. The van der Waals surface area contributed by atoms with Crippen molar-refractivity contribution in [2.45, 2.75) is 31.1 Å². The number of nitrogens with zero attached hydrogens (tertiary/aromatic N) is 2. The van der Waals surface area contributed by atoms with E-state index < -0.39 is 0 Å². The Labute approximate surface area is 83.6 Å². The minimum Gasteiger partial charge on any atom is -0.260 e. The molecule has 2 aliphatic rings. The number of rotatable bonds is 1. The van der Waals surface area contributed by atoms with Crippen LogP contribution in [0.4, 0.5) is 0 Å². The maximum absolute atomic E-state index is 9.26. The number of aromatic nitrogens is 1. The predicted molar refractivity (Wildman–Crippen MR) is 52.4 cm³/mol. The van der Waals surface area contributed by atoms with Crippen LogP contribution in [0.1, 0.15) is 31.4 Å². The number of hydrogen-bond donors (Lipinski definition) is 0. The molecule has 0 aliphatic heterocycles. The zero-order chi connectivity index (χ0) is 9.65. The molecule has 14 heavy (non-hydrogen) atoms. The van der Waals surface area contributed by atoms with Crippen molar-refractivity contribution in [3.63, 3.8) is 0 Å². The first-order valence-electron chi connectivity index (χ1n) is 5.12. The molecule has 0 radical (unpaired) electrons. The molecule has 0 N–H and O–H groups in total. The monoisotopic (exact) mass is 184 g/mol. The first kappa shape index (κ1) is 7.99. The second kappa shape index (κ2) is 2.36. The van der Waals surface area contributed by atoms with Gasteiger partial charge in [0.15, 0.2) is 0 Å². The molecule has 1 aromatic heterocycles. The van der Waals surface area contributed by atoms with Crippen LogP contribution in [0.25, 0.3) is 0 Å². The average molecular weight is 184 g/mol. The van der Waals surface area contributed by atoms with E-state index in [0.717, 1.165) is 18.5 Å². The molecule has 0 bridgehead atoms. The van der Waals surface area contributed by atoms with Crippen LogP contribution in [0.2, 0.25) is 0 Å². The molecule has 2 aliphatic carbocycles. The molecule has 0 aromatic carbocycles. The summed E-state index contributed by atoms with van der Waals surface area (Å²) in [7, 11) is 0. The number of pyridine rings is 1. The Morgan fingerprint density at radius 1 is 1.29 bits per heavy atom. The van der Waals surface area contributed by atoms with Gasteiger partial charge >= 0.3 is 0 Å². The van der Waals surface area contributed by atoms with Gasteiger partial charge in [0.25, 0.3) is 0 Å². The summed E-state index contributed by atoms with van der Waals surface area (Å²) in [5, 5.41) is 9.26. The third-order valence-corrected chi connectivity index (χ3v) is 3.68. The van der Waals surface area contributed by atoms with Gasteiger partial charge < -0.3 is 0 Å². The van der Waals surface area contributed by atoms with Gasteiger partial charge in [-0.1, -0.05) is 6.07 Å². The van der Waals surface area contributed by atoms with Crippen LogP contribution in [0.5, 0.6) is 0 Å². The Hall–Kier alpha value is -1.36. The van der Waals surface area contributed by atoms with E-state index in [4.69, 9.17) is 0 Å². The summed E-state index contributed by atoms with van der Waals surface area (Å²) in [6, 6.07) is 8.32. The summed E-state index contributed by atoms with van der Waals surface area (Å²) in [6.45, 7) is 0. The van der Waals surface area contributed by atoms with Crippen molar-refractivity contribution in [3.05, 3.63) is 30.1 Å². The molecule has 2 heteroatoms. The lowest BCUT2D eigenvalue weighted by Crippen LogP contribution is -2.41. The van der Waals surface area contributed by atoms with E-state index in [2.05, 4.69) is 11.1 Å². The summed E-state index contributed by atoms with van der Waals surface area (Å²) >= 11 is 0. The Morgan fingerprint density at radius 3 is 2.57 bits per heavy atom. The highest BCUT2D eigenvalue weighted by atomic mass is 14.8. The summed E-state index contributed by atoms with van der Waals surface area (Å²) in [5.41, 5.74) is 1.27. The van der Waals surface area contributed by atoms with Crippen molar-refractivity contribution in [3.8, 4) is 6.07 Å². The van der Waals surface area contributed by atoms with E-state index in [1.165, 1.54) is 12.8 Å². The highest BCUT2D eigenvalue weighted by Crippen LogP contribution is 2.68. The smallest absolute Gasteiger partial charge is 0.100 e. The first-order chi connectivity index (χ1) is 6.79. The zero-order valence-electron chi connectivity index (χ0n) is 8.03. The fourth-order valence-corrected chi connectivity index (χ4v) is 2.72. The molecule has 2 saturated carbocycles. The molecule has 1 aromatic rings. The van der Waals surface area contributed by atoms with Crippen molar-refractivity contribution in [2.75, 3.05) is 0 Å². The predicted octanol–water partition coefficient (Wildman–Crippen LogP) is 2.42. The van der Waals surface area contributed by atoms with Crippen LogP contribution in [0.15, 0.2) is 24.4 Å². The van der Waals surface area contributed by atoms with Crippen molar-refractivity contribution in [2.24, 2.45) is 5.41 Å². The van der Waals surface area contributed by atoms with Crippen LogP contribution in [0, 0.1) is 16.7 Å². The van der Waals surface area contributed by atoms with E-state index in [0.29, 0.717) is 5.41 Å². The Bertz CT molecular complexity index is 390. The van der Waals surface area contributed by atoms with E-state index in [1.807, 2.05) is 18.2 Å². The largest absolute Gasteiger partial charge is 0.260 e. The molecule has 2 fully saturated rings. The number of hydrogen-bond acceptors (Lipinski definition) is 2. The zero-order valence-corrected chi connectivity index (χ0v) is 8.03. The molecular weight excluding hydrogens is 172 g/mol. The van der Waals surface area contributed by atoms with Gasteiger partial charge in [0, 0.05) is 6.20 Å². The quantitative estimate of drug-likeness (QED) is 0.672. The summed E-state index contributed by atoms with van der Waals surface area (Å²) in [4.78, 5) is 4.31. The van der Waals surface area contributed by atoms with E-state index in [-0.39, 0.29) is 5.41 Å². The molecule has 2 nitrogen and oxygen atoms in total. The molecule has 0 amide bonds. The van der Waals surface area contributed by atoms with Gasteiger partial charge in [-0.25, -0.2) is 0 Å². The second-order valence-electron chi connectivity index (χ2n) is 4.76. The average Bonchev–Trinajstić information content (AvgIpc) is 2.96. The lowest BCUT2D eigenvalue weighted by Gasteiger charge is -2.42. The second-order valence-corrected chi connectivity index (χ2v) is 4.76. The molecular formula is C12H12N2. The first-order valence-corrected chi connectivity index (χ1v) is 5.12. The maximum atomic E-state index is 9.26. The van der Waals surface area contributed by atoms with Gasteiger partial charge in [-0.05, 0) is 43.2 Å². The topological polar surface area (TPSA) is 36.7 Å². The van der Waals surface area contributed by atoms with Crippen LogP contribution in [0.3, 0.4) is 0 Å². The molecule has 0 atom stereocenters. The Balaban J connectivity index is 1.93. The Morgan fingerprint density at radius 2 is 2.07 bits per heavy atom. The standard InChI is InChI=1S/C12H12N2/c13-9-12(7-11(8-12)4-5-11)10-3-1-2-6-14-10/h1-3,6H,4-5,7-8H2. The minimum absolute atomic E-state index is 0.252. The molecule has 1 heterocycles. The van der Waals surface area contributed by atoms with Crippen molar-refractivity contribution < 1.29 is 0 Å². The van der Waals surface area contributed by atoms with Gasteiger partial charge in [0.2, 0.25) is 0 Å². The third-order valence-electron chi connectivity index (χ3n) is 3.68. The van der Waals surface area contributed by atoms with Gasteiger partial charge in [-0.3, -0.25) is 4.98 Å². The summed E-state index contributed by atoms with van der Waals surface area (Å²) in [6.07, 6.45) is 6.50. The van der Waals surface area contributed by atoms with E-state index in [9.17, 15) is 5.26 Å². The molecule has 3 rings (SSSR count). The molecule has 0 saturated heterocycles. The number of nitriles is 1. The minimum atomic E-state index is -0.252. The van der Waals surface area contributed by atoms with Gasteiger partial charge in [-0.15, -0.1) is 0 Å². The fourth-order valence-electron chi connectivity index (χ4n) is 2.72. The highest BCUT2D eigenvalue weighted by Gasteiger charge is 2.62. The molecule has 0 unspecified atom stereocenters. The molecule has 1 spiro atoms. The van der Waals surface area contributed by atoms with Crippen molar-refractivity contribution in [1.82, 2.24) is 4.98 Å². The highest BCUT2D eigenvalue weighted by molar-refractivity contribution is 5.35. The van der Waals surface area contributed by atoms with E-state index >= 15 is 0 Å². The lowest BCUT2D eigenvalue weighted by atomic mass is 9.58. The van der Waals surface area contributed by atoms with Gasteiger partial charge in [0.05, 0.1) is 11.8 Å². The summed E-state index contributed by atoms with van der Waals surface area (Å²) < 4.78 is 0. The normalized spacial score (nSPS) is 25.1. The van der Waals surface area contributed by atoms with Crippen LogP contribution >= 0.6 is 0 Å². The maximum Gasteiger partial charge on any atom is 0.100 e. The van der Waals surface area contributed by atoms with Crippen molar-refractivity contribution in [1.29, 1.82) is 5.26 Å². The van der Waals surface area contributed by atoms with Crippen LogP contribution in [-0.4, -0.2) is 4.98 Å². The summed E-state index contributed by atoms with van der Waals surface area (Å²) in [5.74, 6) is 0. The SMILES string of the molecule is N#CC1(c2ccccn2)CC2(CC2)C1. The van der Waals surface area contributed by atoms with Crippen LogP contribution in [-0.2, 0) is 5.41 Å². The molecule has 70 valence electrons. The van der Waals surface area contributed by atoms with Gasteiger partial charge in [0.1, 0.15) is 5.41 Å².